The molecule has 1 amide bonds. The molecule has 12 heteroatoms. The van der Waals surface area contributed by atoms with Crippen LogP contribution in [-0.2, 0) is 21.4 Å². The van der Waals surface area contributed by atoms with Crippen molar-refractivity contribution >= 4 is 33.4 Å². The van der Waals surface area contributed by atoms with Crippen LogP contribution in [0.15, 0.2) is 70.8 Å². The maximum Gasteiger partial charge on any atom is 0.406 e. The monoisotopic (exact) mass is 498 g/mol. The lowest BCUT2D eigenvalue weighted by Crippen LogP contribution is -2.22. The highest BCUT2D eigenvalue weighted by molar-refractivity contribution is 7.99. The first-order chi connectivity index (χ1) is 15.5. The van der Waals surface area contributed by atoms with Gasteiger partial charge in [0.2, 0.25) is 15.9 Å². The molecule has 0 spiro atoms. The van der Waals surface area contributed by atoms with E-state index in [1.54, 1.807) is 30.3 Å². The Balaban J connectivity index is 1.75. The standard InChI is InChI=1S/C21H21F3N4O3S2/c1-27(2)33(30,31)17-10-6-9-16(11-17)26-19(29)13-32-20-25-12-18(15-7-4-3-5-8-15)28(20)14-21(22,23)24/h3-12H,13-14H2,1-2H3,(H,26,29). The van der Waals surface area contributed by atoms with Crippen molar-refractivity contribution in [3.8, 4) is 11.3 Å². The van der Waals surface area contributed by atoms with Crippen LogP contribution in [0.4, 0.5) is 18.9 Å². The molecule has 3 aromatic rings. The first kappa shape index (κ1) is 24.8. The molecule has 0 radical (unpaired) electrons. The molecule has 1 heterocycles. The van der Waals surface area contributed by atoms with E-state index in [1.807, 2.05) is 0 Å². The smallest absolute Gasteiger partial charge is 0.325 e. The average molecular weight is 499 g/mol. The maximum absolute atomic E-state index is 13.2. The van der Waals surface area contributed by atoms with Crippen molar-refractivity contribution in [3.63, 3.8) is 0 Å². The molecule has 0 aliphatic rings. The zero-order chi connectivity index (χ0) is 24.2. The second kappa shape index (κ2) is 9.98. The summed E-state index contributed by atoms with van der Waals surface area (Å²) in [6, 6.07) is 14.3. The fraction of sp³-hybridized carbons (Fsp3) is 0.238. The van der Waals surface area contributed by atoms with E-state index < -0.39 is 28.7 Å². The van der Waals surface area contributed by atoms with E-state index in [-0.39, 0.29) is 27.2 Å². The van der Waals surface area contributed by atoms with Crippen molar-refractivity contribution in [1.29, 1.82) is 0 Å². The number of halogens is 3. The Hall–Kier alpha value is -2.83. The molecule has 1 N–H and O–H groups in total. The zero-order valence-electron chi connectivity index (χ0n) is 17.7. The molecule has 176 valence electrons. The molecular weight excluding hydrogens is 477 g/mol. The van der Waals surface area contributed by atoms with Crippen molar-refractivity contribution in [1.82, 2.24) is 13.9 Å². The highest BCUT2D eigenvalue weighted by Gasteiger charge is 2.31. The minimum absolute atomic E-state index is 0.00572. The number of carbonyl (C=O) groups excluding carboxylic acids is 1. The molecule has 1 aromatic heterocycles. The van der Waals surface area contributed by atoms with Crippen LogP contribution in [0.5, 0.6) is 0 Å². The average Bonchev–Trinajstić information content (AvgIpc) is 3.13. The first-order valence-corrected chi connectivity index (χ1v) is 12.0. The molecule has 0 saturated carbocycles. The largest absolute Gasteiger partial charge is 0.406 e. The summed E-state index contributed by atoms with van der Waals surface area (Å²) in [6.07, 6.45) is -3.13. The highest BCUT2D eigenvalue weighted by atomic mass is 32.2. The van der Waals surface area contributed by atoms with Gasteiger partial charge >= 0.3 is 6.18 Å². The van der Waals surface area contributed by atoms with E-state index in [0.717, 1.165) is 20.6 Å². The Morgan fingerprint density at radius 2 is 1.82 bits per heavy atom. The highest BCUT2D eigenvalue weighted by Crippen LogP contribution is 2.30. The van der Waals surface area contributed by atoms with Gasteiger partial charge in [-0.15, -0.1) is 0 Å². The summed E-state index contributed by atoms with van der Waals surface area (Å²) in [5.74, 6) is -0.726. The molecule has 0 fully saturated rings. The number of alkyl halides is 3. The number of sulfonamides is 1. The summed E-state index contributed by atoms with van der Waals surface area (Å²) in [4.78, 5) is 16.5. The van der Waals surface area contributed by atoms with E-state index in [2.05, 4.69) is 10.3 Å². The first-order valence-electron chi connectivity index (χ1n) is 9.60. The van der Waals surface area contributed by atoms with Crippen molar-refractivity contribution in [2.75, 3.05) is 25.2 Å². The molecular formula is C21H21F3N4O3S2. The Morgan fingerprint density at radius 1 is 1.12 bits per heavy atom. The summed E-state index contributed by atoms with van der Waals surface area (Å²) < 4.78 is 66.1. The van der Waals surface area contributed by atoms with Gasteiger partial charge in [-0.1, -0.05) is 48.2 Å². The lowest BCUT2D eigenvalue weighted by Gasteiger charge is -2.14. The fourth-order valence-corrected chi connectivity index (χ4v) is 4.64. The Labute approximate surface area is 193 Å². The van der Waals surface area contributed by atoms with Crippen LogP contribution in [0, 0.1) is 0 Å². The van der Waals surface area contributed by atoms with Crippen LogP contribution in [-0.4, -0.2) is 54.2 Å². The minimum atomic E-state index is -4.47. The van der Waals surface area contributed by atoms with Crippen LogP contribution in [0.1, 0.15) is 0 Å². The second-order valence-corrected chi connectivity index (χ2v) is 10.2. The number of nitrogens with zero attached hydrogens (tertiary/aromatic N) is 3. The van der Waals surface area contributed by atoms with E-state index in [0.29, 0.717) is 5.56 Å². The summed E-state index contributed by atoms with van der Waals surface area (Å²) in [6.45, 7) is -1.24. The number of imidazole rings is 1. The van der Waals surface area contributed by atoms with Gasteiger partial charge in [0, 0.05) is 19.8 Å². The summed E-state index contributed by atoms with van der Waals surface area (Å²) in [7, 11) is -0.894. The van der Waals surface area contributed by atoms with Crippen LogP contribution in [0.2, 0.25) is 0 Å². The topological polar surface area (TPSA) is 84.3 Å². The Bertz CT molecular complexity index is 1230. The Kier molecular flexibility index (Phi) is 7.50. The normalized spacial score (nSPS) is 12.2. The van der Waals surface area contributed by atoms with Gasteiger partial charge in [0.05, 0.1) is 22.5 Å². The van der Waals surface area contributed by atoms with Gasteiger partial charge in [-0.2, -0.15) is 13.2 Å². The predicted molar refractivity (Wildman–Crippen MR) is 120 cm³/mol. The lowest BCUT2D eigenvalue weighted by atomic mass is 10.2. The van der Waals surface area contributed by atoms with Gasteiger partial charge in [-0.3, -0.25) is 4.79 Å². The molecule has 33 heavy (non-hydrogen) atoms. The quantitative estimate of drug-likeness (QED) is 0.473. The number of benzene rings is 2. The number of amides is 1. The number of nitrogens with one attached hydrogen (secondary N) is 1. The third kappa shape index (κ3) is 6.36. The van der Waals surface area contributed by atoms with Gasteiger partial charge in [0.15, 0.2) is 5.16 Å². The van der Waals surface area contributed by atoms with Gasteiger partial charge in [-0.25, -0.2) is 17.7 Å². The molecule has 0 aliphatic heterocycles. The number of hydrogen-bond acceptors (Lipinski definition) is 5. The Morgan fingerprint density at radius 3 is 2.45 bits per heavy atom. The lowest BCUT2D eigenvalue weighted by molar-refractivity contribution is -0.141. The molecule has 0 atom stereocenters. The molecule has 0 bridgehead atoms. The summed E-state index contributed by atoms with van der Waals surface area (Å²) in [5.41, 5.74) is 1.12. The van der Waals surface area contributed by atoms with Crippen LogP contribution < -0.4 is 5.32 Å². The van der Waals surface area contributed by atoms with E-state index in [1.165, 1.54) is 44.6 Å². The number of rotatable bonds is 8. The van der Waals surface area contributed by atoms with Crippen molar-refractivity contribution < 1.29 is 26.4 Å². The molecule has 7 nitrogen and oxygen atoms in total. The minimum Gasteiger partial charge on any atom is -0.325 e. The molecule has 0 unspecified atom stereocenters. The molecule has 0 aliphatic carbocycles. The van der Waals surface area contributed by atoms with Gasteiger partial charge < -0.3 is 9.88 Å². The molecule has 3 rings (SSSR count). The third-order valence-electron chi connectivity index (χ3n) is 4.45. The van der Waals surface area contributed by atoms with Crippen LogP contribution in [0.25, 0.3) is 11.3 Å². The van der Waals surface area contributed by atoms with Gasteiger partial charge in [0.1, 0.15) is 6.54 Å². The second-order valence-electron chi connectivity index (χ2n) is 7.15. The number of hydrogen-bond donors (Lipinski definition) is 1. The number of aromatic nitrogens is 2. The fourth-order valence-electron chi connectivity index (χ4n) is 2.92. The third-order valence-corrected chi connectivity index (χ3v) is 7.26. The van der Waals surface area contributed by atoms with Crippen LogP contribution >= 0.6 is 11.8 Å². The maximum atomic E-state index is 13.2. The van der Waals surface area contributed by atoms with Crippen molar-refractivity contribution in [2.45, 2.75) is 22.8 Å². The number of anilines is 1. The van der Waals surface area contributed by atoms with Gasteiger partial charge in [0.25, 0.3) is 0 Å². The number of thioether (sulfide) groups is 1. The van der Waals surface area contributed by atoms with Gasteiger partial charge in [-0.05, 0) is 23.8 Å². The number of carbonyl (C=O) groups is 1. The zero-order valence-corrected chi connectivity index (χ0v) is 19.3. The summed E-state index contributed by atoms with van der Waals surface area (Å²) >= 11 is 0.859. The SMILES string of the molecule is CN(C)S(=O)(=O)c1cccc(NC(=O)CSc2ncc(-c3ccccc3)n2CC(F)(F)F)c1. The molecule has 2 aromatic carbocycles. The van der Waals surface area contributed by atoms with E-state index in [4.69, 9.17) is 0 Å². The van der Waals surface area contributed by atoms with Crippen molar-refractivity contribution in [3.05, 3.63) is 60.8 Å². The van der Waals surface area contributed by atoms with Crippen LogP contribution in [0.3, 0.4) is 0 Å². The summed E-state index contributed by atoms with van der Waals surface area (Å²) in [5, 5.41) is 2.61. The van der Waals surface area contributed by atoms with Crippen molar-refractivity contribution in [2.24, 2.45) is 0 Å². The van der Waals surface area contributed by atoms with E-state index >= 15 is 0 Å². The molecule has 0 saturated heterocycles. The predicted octanol–water partition coefficient (Wildman–Crippen LogP) is 4.09. The van der Waals surface area contributed by atoms with E-state index in [9.17, 15) is 26.4 Å².